The summed E-state index contributed by atoms with van der Waals surface area (Å²) >= 11 is 0. The molecular formula is C19H30F3IN4O2. The van der Waals surface area contributed by atoms with E-state index in [0.29, 0.717) is 18.1 Å². The minimum Gasteiger partial charge on any atom is -0.468 e. The summed E-state index contributed by atoms with van der Waals surface area (Å²) in [5.41, 5.74) is 0.725. The Bertz CT molecular complexity index is 640. The van der Waals surface area contributed by atoms with Crippen LogP contribution in [-0.2, 0) is 11.3 Å². The van der Waals surface area contributed by atoms with Crippen LogP contribution in [0.15, 0.2) is 23.3 Å². The first-order valence-electron chi connectivity index (χ1n) is 9.52. The molecule has 0 bridgehead atoms. The molecule has 1 aliphatic carbocycles. The molecule has 0 saturated heterocycles. The molecule has 1 fully saturated rings. The lowest BCUT2D eigenvalue weighted by atomic mass is 9.67. The van der Waals surface area contributed by atoms with Crippen molar-refractivity contribution in [1.82, 2.24) is 15.6 Å². The number of aliphatic imine (C=N–C) groups is 1. The van der Waals surface area contributed by atoms with Gasteiger partial charge in [-0.2, -0.15) is 13.2 Å². The van der Waals surface area contributed by atoms with Gasteiger partial charge in [0.2, 0.25) is 5.88 Å². The van der Waals surface area contributed by atoms with Gasteiger partial charge in [-0.15, -0.1) is 24.0 Å². The highest BCUT2D eigenvalue weighted by molar-refractivity contribution is 14.0. The number of halogens is 4. The highest BCUT2D eigenvalue weighted by Crippen LogP contribution is 2.43. The van der Waals surface area contributed by atoms with Crippen molar-refractivity contribution in [1.29, 1.82) is 0 Å². The van der Waals surface area contributed by atoms with Crippen molar-refractivity contribution in [3.63, 3.8) is 0 Å². The second-order valence-electron chi connectivity index (χ2n) is 7.02. The van der Waals surface area contributed by atoms with E-state index in [0.717, 1.165) is 32.4 Å². The predicted molar refractivity (Wildman–Crippen MR) is 117 cm³/mol. The van der Waals surface area contributed by atoms with E-state index >= 15 is 0 Å². The van der Waals surface area contributed by atoms with Crippen molar-refractivity contribution in [2.24, 2.45) is 10.4 Å². The topological polar surface area (TPSA) is 67.8 Å². The number of alkyl halides is 3. The number of nitrogens with one attached hydrogen (secondary N) is 2. The normalized spacial score (nSPS) is 15.8. The highest BCUT2D eigenvalue weighted by Gasteiger charge is 2.36. The summed E-state index contributed by atoms with van der Waals surface area (Å²) in [6.45, 7) is 2.95. The Kier molecular flexibility index (Phi) is 11.0. The SMILES string of the molecule is CCNC(=NCc1cccnc1OCC(F)(F)F)NCC1(CCOC)CCC1.I. The van der Waals surface area contributed by atoms with E-state index in [1.54, 1.807) is 19.2 Å². The molecule has 2 N–H and O–H groups in total. The van der Waals surface area contributed by atoms with Crippen LogP contribution in [0.4, 0.5) is 13.2 Å². The van der Waals surface area contributed by atoms with Crippen molar-refractivity contribution in [2.45, 2.75) is 45.3 Å². The van der Waals surface area contributed by atoms with Crippen LogP contribution in [0, 0.1) is 5.41 Å². The maximum absolute atomic E-state index is 12.4. The number of pyridine rings is 1. The molecular weight excluding hydrogens is 500 g/mol. The monoisotopic (exact) mass is 530 g/mol. The average molecular weight is 530 g/mol. The van der Waals surface area contributed by atoms with Crippen LogP contribution in [0.2, 0.25) is 0 Å². The molecule has 0 aliphatic heterocycles. The first-order chi connectivity index (χ1) is 13.4. The molecule has 166 valence electrons. The molecule has 6 nitrogen and oxygen atoms in total. The van der Waals surface area contributed by atoms with Crippen LogP contribution in [0.25, 0.3) is 0 Å². The largest absolute Gasteiger partial charge is 0.468 e. The summed E-state index contributed by atoms with van der Waals surface area (Å²) in [5.74, 6) is 0.576. The summed E-state index contributed by atoms with van der Waals surface area (Å²) in [5, 5.41) is 6.53. The lowest BCUT2D eigenvalue weighted by molar-refractivity contribution is -0.154. The molecule has 29 heavy (non-hydrogen) atoms. The Morgan fingerprint density at radius 1 is 1.31 bits per heavy atom. The van der Waals surface area contributed by atoms with Crippen LogP contribution in [0.3, 0.4) is 0 Å². The highest BCUT2D eigenvalue weighted by atomic mass is 127. The van der Waals surface area contributed by atoms with Gasteiger partial charge < -0.3 is 20.1 Å². The van der Waals surface area contributed by atoms with Gasteiger partial charge in [0.1, 0.15) is 0 Å². The Hall–Kier alpha value is -1.30. The summed E-state index contributed by atoms with van der Waals surface area (Å²) in [4.78, 5) is 8.39. The molecule has 1 saturated carbocycles. The molecule has 0 aromatic carbocycles. The van der Waals surface area contributed by atoms with Gasteiger partial charge in [-0.25, -0.2) is 9.98 Å². The third-order valence-corrected chi connectivity index (χ3v) is 4.86. The van der Waals surface area contributed by atoms with Crippen molar-refractivity contribution >= 4 is 29.9 Å². The van der Waals surface area contributed by atoms with Gasteiger partial charge in [0.15, 0.2) is 12.6 Å². The molecule has 1 aromatic rings. The first kappa shape index (κ1) is 25.7. The fourth-order valence-electron chi connectivity index (χ4n) is 3.11. The number of hydrogen-bond donors (Lipinski definition) is 2. The molecule has 0 atom stereocenters. The van der Waals surface area contributed by atoms with E-state index in [9.17, 15) is 13.2 Å². The van der Waals surface area contributed by atoms with E-state index in [4.69, 9.17) is 9.47 Å². The minimum absolute atomic E-state index is 0. The molecule has 2 rings (SSSR count). The number of aromatic nitrogens is 1. The third kappa shape index (κ3) is 8.93. The van der Waals surface area contributed by atoms with Gasteiger partial charge in [0, 0.05) is 38.6 Å². The van der Waals surface area contributed by atoms with Gasteiger partial charge in [0.05, 0.1) is 6.54 Å². The average Bonchev–Trinajstić information content (AvgIpc) is 2.63. The van der Waals surface area contributed by atoms with Crippen molar-refractivity contribution in [2.75, 3.05) is 33.4 Å². The van der Waals surface area contributed by atoms with Crippen molar-refractivity contribution < 1.29 is 22.6 Å². The van der Waals surface area contributed by atoms with E-state index in [1.807, 2.05) is 6.92 Å². The summed E-state index contributed by atoms with van der Waals surface area (Å²) in [6, 6.07) is 3.32. The van der Waals surface area contributed by atoms with Crippen molar-refractivity contribution in [3.05, 3.63) is 23.9 Å². The number of ether oxygens (including phenoxy) is 2. The quantitative estimate of drug-likeness (QED) is 0.273. The second kappa shape index (κ2) is 12.4. The van der Waals surface area contributed by atoms with Crippen LogP contribution < -0.4 is 15.4 Å². The lowest BCUT2D eigenvalue weighted by Crippen LogP contribution is -2.47. The van der Waals surface area contributed by atoms with E-state index in [1.165, 1.54) is 12.6 Å². The number of nitrogens with zero attached hydrogens (tertiary/aromatic N) is 2. The standard InChI is InChI=1S/C19H29F3N4O2.HI/c1-3-23-17(26-13-18(7-5-8-18)9-11-27-2)25-12-15-6-4-10-24-16(15)28-14-19(20,21)22;/h4,6,10H,3,5,7-9,11-14H2,1-2H3,(H2,23,25,26);1H. The van der Waals surface area contributed by atoms with Gasteiger partial charge in [0.25, 0.3) is 0 Å². The van der Waals surface area contributed by atoms with E-state index < -0.39 is 12.8 Å². The molecule has 1 aromatic heterocycles. The molecule has 0 spiro atoms. The lowest BCUT2D eigenvalue weighted by Gasteiger charge is -2.42. The maximum Gasteiger partial charge on any atom is 0.422 e. The van der Waals surface area contributed by atoms with E-state index in [-0.39, 0.29) is 41.8 Å². The second-order valence-corrected chi connectivity index (χ2v) is 7.02. The molecule has 0 amide bonds. The fourth-order valence-corrected chi connectivity index (χ4v) is 3.11. The molecule has 10 heteroatoms. The van der Waals surface area contributed by atoms with Crippen LogP contribution in [0.5, 0.6) is 5.88 Å². The fraction of sp³-hybridized carbons (Fsp3) is 0.684. The van der Waals surface area contributed by atoms with Gasteiger partial charge in [-0.1, -0.05) is 12.5 Å². The molecule has 0 unspecified atom stereocenters. The summed E-state index contributed by atoms with van der Waals surface area (Å²) in [6.07, 6.45) is 1.51. The minimum atomic E-state index is -4.41. The van der Waals surface area contributed by atoms with Gasteiger partial charge in [-0.05, 0) is 37.7 Å². The predicted octanol–water partition coefficient (Wildman–Crippen LogP) is 3.90. The zero-order valence-corrected chi connectivity index (χ0v) is 19.2. The number of rotatable bonds is 10. The number of guanidine groups is 1. The smallest absolute Gasteiger partial charge is 0.422 e. The Morgan fingerprint density at radius 2 is 2.07 bits per heavy atom. The zero-order chi connectivity index (χ0) is 20.5. The Morgan fingerprint density at radius 3 is 2.66 bits per heavy atom. The molecule has 1 heterocycles. The van der Waals surface area contributed by atoms with Crippen molar-refractivity contribution in [3.8, 4) is 5.88 Å². The Balaban J connectivity index is 0.00000420. The maximum atomic E-state index is 12.4. The zero-order valence-electron chi connectivity index (χ0n) is 16.8. The van der Waals surface area contributed by atoms with Gasteiger partial charge >= 0.3 is 6.18 Å². The van der Waals surface area contributed by atoms with Crippen LogP contribution in [-0.4, -0.2) is 50.5 Å². The van der Waals surface area contributed by atoms with Gasteiger partial charge in [-0.3, -0.25) is 0 Å². The number of hydrogen-bond acceptors (Lipinski definition) is 4. The Labute approximate surface area is 187 Å². The third-order valence-electron chi connectivity index (χ3n) is 4.86. The van der Waals surface area contributed by atoms with E-state index in [2.05, 4.69) is 20.6 Å². The number of methoxy groups -OCH3 is 1. The van der Waals surface area contributed by atoms with Crippen LogP contribution >= 0.6 is 24.0 Å². The van der Waals surface area contributed by atoms with Crippen LogP contribution in [0.1, 0.15) is 38.2 Å². The molecule has 0 radical (unpaired) electrons. The molecule has 1 aliphatic rings. The summed E-state index contributed by atoms with van der Waals surface area (Å²) < 4.78 is 47.3. The first-order valence-corrected chi connectivity index (χ1v) is 9.52. The summed E-state index contributed by atoms with van der Waals surface area (Å²) in [7, 11) is 1.71.